The predicted octanol–water partition coefficient (Wildman–Crippen LogP) is 4.07. The van der Waals surface area contributed by atoms with Gasteiger partial charge < -0.3 is 0 Å². The third-order valence-corrected chi connectivity index (χ3v) is 5.36. The van der Waals surface area contributed by atoms with Crippen LogP contribution in [0.3, 0.4) is 0 Å². The molecule has 0 aliphatic heterocycles. The fraction of sp³-hybridized carbons (Fsp3) is 0.238. The fourth-order valence-electron chi connectivity index (χ4n) is 4.04. The summed E-state index contributed by atoms with van der Waals surface area (Å²) in [5.41, 5.74) is 4.12. The third-order valence-electron chi connectivity index (χ3n) is 5.36. The summed E-state index contributed by atoms with van der Waals surface area (Å²) in [7, 11) is 0. The number of rotatable bonds is 3. The van der Waals surface area contributed by atoms with E-state index in [-0.39, 0.29) is 12.0 Å². The second kappa shape index (κ2) is 6.51. The SMILES string of the molecule is Fc1ccc(Cc2cnnn2C2CCc3[c]c4cccc(F)n4c3C2)cc1F. The third kappa shape index (κ3) is 2.78. The highest BCUT2D eigenvalue weighted by molar-refractivity contribution is 5.53. The second-order valence-corrected chi connectivity index (χ2v) is 7.11. The highest BCUT2D eigenvalue weighted by Crippen LogP contribution is 2.32. The number of nitrogens with zero attached hydrogens (tertiary/aromatic N) is 4. The van der Waals surface area contributed by atoms with Crippen LogP contribution in [0.25, 0.3) is 5.52 Å². The molecule has 1 atom stereocenters. The zero-order valence-electron chi connectivity index (χ0n) is 14.9. The lowest BCUT2D eigenvalue weighted by atomic mass is 9.93. The molecular weight excluding hydrogens is 365 g/mol. The van der Waals surface area contributed by atoms with Gasteiger partial charge in [-0.1, -0.05) is 17.3 Å². The topological polar surface area (TPSA) is 35.1 Å². The van der Waals surface area contributed by atoms with E-state index in [1.807, 2.05) is 10.7 Å². The molecule has 141 valence electrons. The Morgan fingerprint density at radius 2 is 2.00 bits per heavy atom. The van der Waals surface area contributed by atoms with E-state index < -0.39 is 11.6 Å². The number of pyridine rings is 1. The van der Waals surface area contributed by atoms with Crippen molar-refractivity contribution < 1.29 is 13.2 Å². The van der Waals surface area contributed by atoms with Gasteiger partial charge in [0.1, 0.15) is 0 Å². The van der Waals surface area contributed by atoms with Crippen LogP contribution in [-0.4, -0.2) is 19.4 Å². The van der Waals surface area contributed by atoms with Crippen LogP contribution in [0.4, 0.5) is 13.2 Å². The van der Waals surface area contributed by atoms with E-state index in [0.717, 1.165) is 41.4 Å². The van der Waals surface area contributed by atoms with Crippen molar-refractivity contribution in [2.75, 3.05) is 0 Å². The van der Waals surface area contributed by atoms with E-state index in [0.29, 0.717) is 18.4 Å². The van der Waals surface area contributed by atoms with Crippen molar-refractivity contribution in [1.82, 2.24) is 19.4 Å². The Hall–Kier alpha value is -3.09. The normalized spacial score (nSPS) is 16.5. The van der Waals surface area contributed by atoms with Crippen LogP contribution in [0.15, 0.2) is 42.6 Å². The highest BCUT2D eigenvalue weighted by Gasteiger charge is 2.26. The summed E-state index contributed by atoms with van der Waals surface area (Å²) in [6.07, 6.45) is 4.24. The maximum Gasteiger partial charge on any atom is 0.198 e. The zero-order valence-corrected chi connectivity index (χ0v) is 14.9. The quantitative estimate of drug-likeness (QED) is 0.502. The Morgan fingerprint density at radius 1 is 1.11 bits per heavy atom. The Kier molecular flexibility index (Phi) is 3.96. The molecule has 3 aromatic heterocycles. The molecule has 0 fully saturated rings. The first-order chi connectivity index (χ1) is 13.6. The first kappa shape index (κ1) is 17.0. The molecular formula is C21H16F3N4. The number of hydrogen-bond acceptors (Lipinski definition) is 2. The Labute approximate surface area is 159 Å². The van der Waals surface area contributed by atoms with Crippen LogP contribution in [0, 0.1) is 23.6 Å². The molecule has 0 saturated heterocycles. The minimum absolute atomic E-state index is 0.0152. The summed E-state index contributed by atoms with van der Waals surface area (Å²) in [5.74, 6) is -2.05. The summed E-state index contributed by atoms with van der Waals surface area (Å²) in [4.78, 5) is 0. The maximum atomic E-state index is 14.4. The molecule has 7 heteroatoms. The Bertz CT molecular complexity index is 1180. The average molecular weight is 381 g/mol. The van der Waals surface area contributed by atoms with Gasteiger partial charge in [-0.25, -0.2) is 13.5 Å². The van der Waals surface area contributed by atoms with E-state index in [4.69, 9.17) is 0 Å². The lowest BCUT2D eigenvalue weighted by Gasteiger charge is -2.24. The molecule has 28 heavy (non-hydrogen) atoms. The van der Waals surface area contributed by atoms with E-state index in [1.165, 1.54) is 12.1 Å². The van der Waals surface area contributed by atoms with E-state index >= 15 is 0 Å². The van der Waals surface area contributed by atoms with Crippen molar-refractivity contribution in [3.8, 4) is 0 Å². The number of aryl methyl sites for hydroxylation is 1. The van der Waals surface area contributed by atoms with E-state index in [1.54, 1.807) is 22.7 Å². The van der Waals surface area contributed by atoms with Crippen LogP contribution >= 0.6 is 0 Å². The van der Waals surface area contributed by atoms with Crippen molar-refractivity contribution in [1.29, 1.82) is 0 Å². The number of halogens is 3. The molecule has 1 unspecified atom stereocenters. The van der Waals surface area contributed by atoms with Gasteiger partial charge in [0.2, 0.25) is 0 Å². The Balaban J connectivity index is 1.46. The van der Waals surface area contributed by atoms with Crippen LogP contribution in [0.1, 0.15) is 35.0 Å². The van der Waals surface area contributed by atoms with Gasteiger partial charge in [-0.05, 0) is 48.2 Å². The minimum Gasteiger partial charge on any atom is -0.290 e. The van der Waals surface area contributed by atoms with E-state index in [9.17, 15) is 13.2 Å². The molecule has 0 N–H and O–H groups in total. The van der Waals surface area contributed by atoms with E-state index in [2.05, 4.69) is 16.4 Å². The average Bonchev–Trinajstić information content (AvgIpc) is 3.29. The molecule has 1 radical (unpaired) electrons. The fourth-order valence-corrected chi connectivity index (χ4v) is 4.04. The van der Waals surface area contributed by atoms with Crippen molar-refractivity contribution >= 4 is 5.52 Å². The molecule has 5 rings (SSSR count). The van der Waals surface area contributed by atoms with Crippen molar-refractivity contribution in [2.24, 2.45) is 0 Å². The van der Waals surface area contributed by atoms with Gasteiger partial charge in [-0.2, -0.15) is 4.39 Å². The largest absolute Gasteiger partial charge is 0.290 e. The van der Waals surface area contributed by atoms with Crippen molar-refractivity contribution in [3.63, 3.8) is 0 Å². The summed E-state index contributed by atoms with van der Waals surface area (Å²) >= 11 is 0. The summed E-state index contributed by atoms with van der Waals surface area (Å²) < 4.78 is 44.5. The van der Waals surface area contributed by atoms with Gasteiger partial charge in [0.25, 0.3) is 0 Å². The van der Waals surface area contributed by atoms with Gasteiger partial charge in [-0.3, -0.25) is 4.40 Å². The van der Waals surface area contributed by atoms with Crippen LogP contribution in [0.2, 0.25) is 0 Å². The molecule has 0 amide bonds. The molecule has 0 saturated carbocycles. The summed E-state index contributed by atoms with van der Waals surface area (Å²) in [5, 5.41) is 8.23. The molecule has 1 aliphatic rings. The minimum atomic E-state index is -0.871. The van der Waals surface area contributed by atoms with Gasteiger partial charge in [0, 0.05) is 24.6 Å². The van der Waals surface area contributed by atoms with Crippen molar-refractivity contribution in [3.05, 3.63) is 88.8 Å². The highest BCUT2D eigenvalue weighted by atomic mass is 19.2. The molecule has 3 heterocycles. The molecule has 4 nitrogen and oxygen atoms in total. The van der Waals surface area contributed by atoms with Crippen LogP contribution in [-0.2, 0) is 19.3 Å². The molecule has 0 bridgehead atoms. The molecule has 1 aliphatic carbocycles. The zero-order chi connectivity index (χ0) is 19.3. The lowest BCUT2D eigenvalue weighted by molar-refractivity contribution is 0.379. The maximum absolute atomic E-state index is 14.4. The number of benzene rings is 1. The van der Waals surface area contributed by atoms with Gasteiger partial charge >= 0.3 is 0 Å². The van der Waals surface area contributed by atoms with Crippen LogP contribution in [0.5, 0.6) is 0 Å². The van der Waals surface area contributed by atoms with Crippen LogP contribution < -0.4 is 0 Å². The number of fused-ring (bicyclic) bond motifs is 3. The standard InChI is InChI=1S/C21H16F3N4/c22-18-7-4-13(9-19(18)23)8-17-12-25-26-28(17)16-6-5-14-10-15-2-1-3-21(24)27(15)20(14)11-16/h1-4,7,9,12,16H,5-6,8,11H2. The first-order valence-corrected chi connectivity index (χ1v) is 9.13. The number of aromatic nitrogens is 4. The lowest BCUT2D eigenvalue weighted by Crippen LogP contribution is -2.22. The predicted molar refractivity (Wildman–Crippen MR) is 96.4 cm³/mol. The molecule has 1 aromatic carbocycles. The van der Waals surface area contributed by atoms with Gasteiger partial charge in [0.05, 0.1) is 23.4 Å². The number of hydrogen-bond donors (Lipinski definition) is 0. The first-order valence-electron chi connectivity index (χ1n) is 9.13. The molecule has 0 spiro atoms. The van der Waals surface area contributed by atoms with Gasteiger partial charge in [-0.15, -0.1) is 5.10 Å². The summed E-state index contributed by atoms with van der Waals surface area (Å²) in [6.45, 7) is 0. The smallest absolute Gasteiger partial charge is 0.198 e. The molecule has 4 aromatic rings. The second-order valence-electron chi connectivity index (χ2n) is 7.11. The Morgan fingerprint density at radius 3 is 2.86 bits per heavy atom. The van der Waals surface area contributed by atoms with Crippen molar-refractivity contribution in [2.45, 2.75) is 31.7 Å². The summed E-state index contributed by atoms with van der Waals surface area (Å²) in [6, 6.07) is 12.1. The monoisotopic (exact) mass is 381 g/mol. The van der Waals surface area contributed by atoms with Gasteiger partial charge in [0.15, 0.2) is 17.6 Å².